The molecule has 3 nitrogen and oxygen atoms in total. The van der Waals surface area contributed by atoms with Gasteiger partial charge in [0.2, 0.25) is 0 Å². The predicted octanol–water partition coefficient (Wildman–Crippen LogP) is 9.57. The van der Waals surface area contributed by atoms with Crippen molar-refractivity contribution in [2.45, 2.75) is 116 Å². The van der Waals surface area contributed by atoms with E-state index in [4.69, 9.17) is 4.74 Å². The topological polar surface area (TPSA) is 43.4 Å². The number of unbranched alkanes of at least 4 members (excludes halogenated alkanes) is 14. The molecule has 3 heteroatoms. The Labute approximate surface area is 226 Å². The van der Waals surface area contributed by atoms with Crippen LogP contribution in [0.25, 0.3) is 0 Å². The summed E-state index contributed by atoms with van der Waals surface area (Å²) in [6.45, 7) is 2.27. The lowest BCUT2D eigenvalue weighted by Gasteiger charge is -2.16. The first kappa shape index (κ1) is 30.8. The quantitative estimate of drug-likeness (QED) is 0.0907. The van der Waals surface area contributed by atoms with E-state index in [0.29, 0.717) is 24.2 Å². The van der Waals surface area contributed by atoms with E-state index in [9.17, 15) is 9.59 Å². The summed E-state index contributed by atoms with van der Waals surface area (Å²) in [6.07, 6.45) is 20.5. The van der Waals surface area contributed by atoms with Gasteiger partial charge in [-0.05, 0) is 42.7 Å². The van der Waals surface area contributed by atoms with Crippen LogP contribution in [0.4, 0.5) is 0 Å². The first-order valence-corrected chi connectivity index (χ1v) is 14.9. The fraction of sp³-hybridized carbons (Fsp3) is 0.588. The predicted molar refractivity (Wildman–Crippen MR) is 156 cm³/mol. The molecule has 0 aliphatic rings. The van der Waals surface area contributed by atoms with Crippen molar-refractivity contribution in [2.24, 2.45) is 5.92 Å². The highest BCUT2D eigenvalue weighted by Gasteiger charge is 2.27. The van der Waals surface area contributed by atoms with Gasteiger partial charge in [0, 0.05) is 12.0 Å². The van der Waals surface area contributed by atoms with Crippen molar-refractivity contribution in [1.29, 1.82) is 0 Å². The van der Waals surface area contributed by atoms with E-state index in [1.807, 2.05) is 30.3 Å². The summed E-state index contributed by atoms with van der Waals surface area (Å²) < 4.78 is 5.21. The van der Waals surface area contributed by atoms with E-state index >= 15 is 0 Å². The van der Waals surface area contributed by atoms with Crippen molar-refractivity contribution in [3.05, 3.63) is 65.7 Å². The lowest BCUT2D eigenvalue weighted by Crippen LogP contribution is -2.26. The summed E-state index contributed by atoms with van der Waals surface area (Å²) in [5, 5.41) is 0. The minimum atomic E-state index is -0.623. The van der Waals surface area contributed by atoms with Crippen LogP contribution in [0, 0.1) is 5.92 Å². The van der Waals surface area contributed by atoms with Gasteiger partial charge in [-0.2, -0.15) is 0 Å². The summed E-state index contributed by atoms with van der Waals surface area (Å²) in [6, 6.07) is 17.0. The number of hydrogen-bond donors (Lipinski definition) is 0. The molecule has 0 amide bonds. The van der Waals surface area contributed by atoms with Gasteiger partial charge in [0.05, 0.1) is 13.0 Å². The summed E-state index contributed by atoms with van der Waals surface area (Å²) >= 11 is 0. The molecule has 0 saturated carbocycles. The second-order valence-electron chi connectivity index (χ2n) is 10.5. The van der Waals surface area contributed by atoms with E-state index in [1.54, 1.807) is 31.4 Å². The molecule has 0 spiro atoms. The molecule has 0 saturated heterocycles. The van der Waals surface area contributed by atoms with Crippen LogP contribution in [0.3, 0.4) is 0 Å². The van der Waals surface area contributed by atoms with Gasteiger partial charge >= 0.3 is 0 Å². The summed E-state index contributed by atoms with van der Waals surface area (Å²) in [7, 11) is 1.61. The largest absolute Gasteiger partial charge is 0.497 e. The molecule has 37 heavy (non-hydrogen) atoms. The Morgan fingerprint density at radius 3 is 1.62 bits per heavy atom. The molecular formula is C34H50O3. The van der Waals surface area contributed by atoms with E-state index < -0.39 is 5.92 Å². The number of ether oxygens (including phenoxy) is 1. The number of ketones is 2. The van der Waals surface area contributed by atoms with E-state index in [1.165, 1.54) is 83.5 Å². The number of hydrogen-bond acceptors (Lipinski definition) is 3. The molecule has 2 aromatic carbocycles. The normalized spacial score (nSPS) is 11.8. The van der Waals surface area contributed by atoms with E-state index in [2.05, 4.69) is 6.92 Å². The Balaban J connectivity index is 1.65. The van der Waals surface area contributed by atoms with Crippen LogP contribution in [0.5, 0.6) is 5.75 Å². The van der Waals surface area contributed by atoms with Gasteiger partial charge in [0.15, 0.2) is 5.78 Å². The van der Waals surface area contributed by atoms with Gasteiger partial charge in [0.1, 0.15) is 11.5 Å². The van der Waals surface area contributed by atoms with Gasteiger partial charge in [-0.3, -0.25) is 9.59 Å². The minimum Gasteiger partial charge on any atom is -0.497 e. The second-order valence-corrected chi connectivity index (χ2v) is 10.5. The average Bonchev–Trinajstić information content (AvgIpc) is 2.94. The Kier molecular flexibility index (Phi) is 16.4. The number of methoxy groups -OCH3 is 1. The van der Waals surface area contributed by atoms with Crippen LogP contribution in [-0.2, 0) is 11.2 Å². The SMILES string of the molecule is CCCCCCCCCCCCCCCCCC(=O)C(Cc1ccccc1)C(=O)c1ccc(OC)cc1. The highest BCUT2D eigenvalue weighted by molar-refractivity contribution is 6.10. The summed E-state index contributed by atoms with van der Waals surface area (Å²) in [4.78, 5) is 26.5. The molecular weight excluding hydrogens is 456 g/mol. The highest BCUT2D eigenvalue weighted by Crippen LogP contribution is 2.21. The third-order valence-electron chi connectivity index (χ3n) is 7.39. The molecule has 0 heterocycles. The van der Waals surface area contributed by atoms with Crippen molar-refractivity contribution < 1.29 is 14.3 Å². The molecule has 1 atom stereocenters. The molecule has 0 fully saturated rings. The van der Waals surface area contributed by atoms with Gasteiger partial charge in [0.25, 0.3) is 0 Å². The molecule has 0 bridgehead atoms. The number of carbonyl (C=O) groups is 2. The van der Waals surface area contributed by atoms with Gasteiger partial charge < -0.3 is 4.74 Å². The maximum atomic E-state index is 13.3. The maximum absolute atomic E-state index is 13.3. The molecule has 0 aromatic heterocycles. The van der Waals surface area contributed by atoms with Gasteiger partial charge in [-0.15, -0.1) is 0 Å². The molecule has 0 N–H and O–H groups in total. The van der Waals surface area contributed by atoms with Crippen molar-refractivity contribution in [3.8, 4) is 5.75 Å². The molecule has 0 aliphatic heterocycles. The fourth-order valence-corrected chi connectivity index (χ4v) is 5.00. The monoisotopic (exact) mass is 506 g/mol. The molecule has 0 radical (unpaired) electrons. The Morgan fingerprint density at radius 1 is 0.649 bits per heavy atom. The Bertz CT molecular complexity index is 856. The van der Waals surface area contributed by atoms with Crippen LogP contribution < -0.4 is 4.74 Å². The summed E-state index contributed by atoms with van der Waals surface area (Å²) in [5.74, 6) is 0.0690. The van der Waals surface area contributed by atoms with Crippen molar-refractivity contribution in [2.75, 3.05) is 7.11 Å². The zero-order chi connectivity index (χ0) is 26.6. The molecule has 204 valence electrons. The number of benzene rings is 2. The van der Waals surface area contributed by atoms with Crippen LogP contribution in [-0.4, -0.2) is 18.7 Å². The standard InChI is InChI=1S/C34H50O3/c1-3-4-5-6-7-8-9-10-11-12-13-14-15-16-20-23-33(35)32(28-29-21-18-17-19-22-29)34(36)30-24-26-31(37-2)27-25-30/h17-19,21-22,24-27,32H,3-16,20,23,28H2,1-2H3. The van der Waals surface area contributed by atoms with E-state index in [0.717, 1.165) is 18.4 Å². The molecule has 0 aliphatic carbocycles. The van der Waals surface area contributed by atoms with Gasteiger partial charge in [-0.1, -0.05) is 127 Å². The Hall–Kier alpha value is -2.42. The Morgan fingerprint density at radius 2 is 1.14 bits per heavy atom. The lowest BCUT2D eigenvalue weighted by atomic mass is 9.86. The minimum absolute atomic E-state index is 0.0689. The lowest BCUT2D eigenvalue weighted by molar-refractivity contribution is -0.121. The van der Waals surface area contributed by atoms with Crippen molar-refractivity contribution in [3.63, 3.8) is 0 Å². The van der Waals surface area contributed by atoms with Crippen LogP contribution in [0.15, 0.2) is 54.6 Å². The second kappa shape index (κ2) is 19.7. The molecule has 2 aromatic rings. The third-order valence-corrected chi connectivity index (χ3v) is 7.39. The first-order valence-electron chi connectivity index (χ1n) is 14.9. The van der Waals surface area contributed by atoms with Crippen LogP contribution in [0.2, 0.25) is 0 Å². The average molecular weight is 507 g/mol. The van der Waals surface area contributed by atoms with Crippen molar-refractivity contribution >= 4 is 11.6 Å². The summed E-state index contributed by atoms with van der Waals surface area (Å²) in [5.41, 5.74) is 1.60. The first-order chi connectivity index (χ1) is 18.2. The van der Waals surface area contributed by atoms with Gasteiger partial charge in [-0.25, -0.2) is 0 Å². The van der Waals surface area contributed by atoms with Crippen LogP contribution >= 0.6 is 0 Å². The number of rotatable bonds is 22. The number of carbonyl (C=O) groups excluding carboxylic acids is 2. The molecule has 1 unspecified atom stereocenters. The molecule has 2 rings (SSSR count). The zero-order valence-corrected chi connectivity index (χ0v) is 23.5. The fourth-order valence-electron chi connectivity index (χ4n) is 5.00. The van der Waals surface area contributed by atoms with Crippen molar-refractivity contribution in [1.82, 2.24) is 0 Å². The van der Waals surface area contributed by atoms with Crippen LogP contribution in [0.1, 0.15) is 126 Å². The van der Waals surface area contributed by atoms with E-state index in [-0.39, 0.29) is 11.6 Å². The smallest absolute Gasteiger partial charge is 0.173 e. The zero-order valence-electron chi connectivity index (χ0n) is 23.5. The highest BCUT2D eigenvalue weighted by atomic mass is 16.5. The number of Topliss-reactive ketones (excluding diaryl/α,β-unsaturated/α-hetero) is 2. The third kappa shape index (κ3) is 13.1. The maximum Gasteiger partial charge on any atom is 0.173 e.